The van der Waals surface area contributed by atoms with Gasteiger partial charge in [0.05, 0.1) is 6.04 Å². The molecule has 1 saturated heterocycles. The second-order valence-corrected chi connectivity index (χ2v) is 4.84. The Kier molecular flexibility index (Phi) is 5.74. The highest BCUT2D eigenvalue weighted by molar-refractivity contribution is 5.84. The first-order chi connectivity index (χ1) is 10.7. The first-order valence-corrected chi connectivity index (χ1v) is 7.14. The van der Waals surface area contributed by atoms with E-state index in [1.54, 1.807) is 6.92 Å². The van der Waals surface area contributed by atoms with Crippen molar-refractivity contribution < 1.29 is 9.59 Å². The van der Waals surface area contributed by atoms with Gasteiger partial charge in [-0.15, -0.1) is 0 Å². The van der Waals surface area contributed by atoms with Gasteiger partial charge in [-0.1, -0.05) is 12.0 Å². The van der Waals surface area contributed by atoms with Gasteiger partial charge in [-0.3, -0.25) is 10.1 Å². The zero-order valence-electron chi connectivity index (χ0n) is 12.4. The van der Waals surface area contributed by atoms with Gasteiger partial charge in [0.1, 0.15) is 11.5 Å². The van der Waals surface area contributed by atoms with E-state index in [0.29, 0.717) is 12.1 Å². The summed E-state index contributed by atoms with van der Waals surface area (Å²) in [7, 11) is 0. The normalized spacial score (nSPS) is 15.2. The molecule has 2 rings (SSSR count). The zero-order valence-corrected chi connectivity index (χ0v) is 12.4. The minimum atomic E-state index is -0.570. The standard InChI is InChI=1S/C15H19N5O2/c1-12(18-15(22)17-11-21)5-6-13-3-2-4-14(19-13)20-9-7-16-8-10-20/h2-4,11-12,16H,7-10H2,1H3,(H2,17,18,21,22). The van der Waals surface area contributed by atoms with Gasteiger partial charge in [-0.05, 0) is 25.0 Å². The number of urea groups is 1. The van der Waals surface area contributed by atoms with Crippen LogP contribution in [0.25, 0.3) is 0 Å². The summed E-state index contributed by atoms with van der Waals surface area (Å²) in [6.07, 6.45) is 0.327. The van der Waals surface area contributed by atoms with Crippen LogP contribution in [-0.2, 0) is 4.79 Å². The molecule has 1 aliphatic rings. The lowest BCUT2D eigenvalue weighted by atomic mass is 10.3. The average Bonchev–Trinajstić information content (AvgIpc) is 2.54. The molecule has 2 heterocycles. The van der Waals surface area contributed by atoms with E-state index in [1.165, 1.54) is 0 Å². The van der Waals surface area contributed by atoms with Crippen LogP contribution in [0.15, 0.2) is 18.2 Å². The Labute approximate surface area is 129 Å². The van der Waals surface area contributed by atoms with Gasteiger partial charge in [-0.2, -0.15) is 0 Å². The molecule has 0 aromatic carbocycles. The van der Waals surface area contributed by atoms with E-state index in [0.717, 1.165) is 32.0 Å². The summed E-state index contributed by atoms with van der Waals surface area (Å²) >= 11 is 0. The maximum Gasteiger partial charge on any atom is 0.322 e. The van der Waals surface area contributed by atoms with E-state index in [2.05, 4.69) is 32.4 Å². The van der Waals surface area contributed by atoms with Gasteiger partial charge in [0, 0.05) is 26.2 Å². The highest BCUT2D eigenvalue weighted by Crippen LogP contribution is 2.11. The Morgan fingerprint density at radius 1 is 1.45 bits per heavy atom. The predicted octanol–water partition coefficient (Wildman–Crippen LogP) is -0.313. The number of carbonyl (C=O) groups excluding carboxylic acids is 2. The van der Waals surface area contributed by atoms with Crippen molar-refractivity contribution in [1.29, 1.82) is 0 Å². The third-order valence-corrected chi connectivity index (χ3v) is 3.13. The lowest BCUT2D eigenvalue weighted by molar-refractivity contribution is -0.108. The number of nitrogens with one attached hydrogen (secondary N) is 3. The molecule has 0 saturated carbocycles. The molecule has 1 aliphatic heterocycles. The summed E-state index contributed by atoms with van der Waals surface area (Å²) in [5.74, 6) is 6.73. The van der Waals surface area contributed by atoms with E-state index in [4.69, 9.17) is 0 Å². The number of piperazine rings is 1. The Morgan fingerprint density at radius 3 is 2.95 bits per heavy atom. The minimum absolute atomic E-state index is 0.327. The van der Waals surface area contributed by atoms with Crippen molar-refractivity contribution in [1.82, 2.24) is 20.9 Å². The van der Waals surface area contributed by atoms with E-state index in [1.807, 2.05) is 23.5 Å². The van der Waals surface area contributed by atoms with E-state index in [-0.39, 0.29) is 6.04 Å². The molecular weight excluding hydrogens is 282 g/mol. The Morgan fingerprint density at radius 2 is 2.23 bits per heavy atom. The van der Waals surface area contributed by atoms with Crippen LogP contribution in [0.2, 0.25) is 0 Å². The third-order valence-electron chi connectivity index (χ3n) is 3.13. The number of carbonyl (C=O) groups is 2. The minimum Gasteiger partial charge on any atom is -0.354 e. The fourth-order valence-corrected chi connectivity index (χ4v) is 2.07. The number of rotatable bonds is 3. The number of hydrogen-bond donors (Lipinski definition) is 3. The molecule has 0 aliphatic carbocycles. The van der Waals surface area contributed by atoms with Crippen molar-refractivity contribution >= 4 is 18.3 Å². The molecule has 3 amide bonds. The average molecular weight is 301 g/mol. The zero-order chi connectivity index (χ0) is 15.8. The van der Waals surface area contributed by atoms with Crippen LogP contribution in [0, 0.1) is 11.8 Å². The number of aromatic nitrogens is 1. The molecule has 1 fully saturated rings. The van der Waals surface area contributed by atoms with Crippen molar-refractivity contribution in [2.24, 2.45) is 0 Å². The fraction of sp³-hybridized carbons (Fsp3) is 0.400. The van der Waals surface area contributed by atoms with E-state index >= 15 is 0 Å². The number of hydrogen-bond acceptors (Lipinski definition) is 5. The fourth-order valence-electron chi connectivity index (χ4n) is 2.07. The summed E-state index contributed by atoms with van der Waals surface area (Å²) in [6, 6.07) is 4.77. The second-order valence-electron chi connectivity index (χ2n) is 4.84. The Hall–Kier alpha value is -2.59. The van der Waals surface area contributed by atoms with Gasteiger partial charge in [0.25, 0.3) is 0 Å². The highest BCUT2D eigenvalue weighted by Gasteiger charge is 2.11. The Bertz CT molecular complexity index is 587. The van der Waals surface area contributed by atoms with Crippen LogP contribution in [0.4, 0.5) is 10.6 Å². The molecule has 1 atom stereocenters. The van der Waals surface area contributed by atoms with Crippen LogP contribution in [0.3, 0.4) is 0 Å². The van der Waals surface area contributed by atoms with Gasteiger partial charge in [0.15, 0.2) is 0 Å². The maximum atomic E-state index is 11.2. The summed E-state index contributed by atoms with van der Waals surface area (Å²) < 4.78 is 0. The first-order valence-electron chi connectivity index (χ1n) is 7.14. The molecule has 0 spiro atoms. The molecular formula is C15H19N5O2. The SMILES string of the molecule is CC(C#Cc1cccc(N2CCNCC2)n1)NC(=O)NC=O. The van der Waals surface area contributed by atoms with Crippen LogP contribution in [0.5, 0.6) is 0 Å². The van der Waals surface area contributed by atoms with Crippen LogP contribution >= 0.6 is 0 Å². The molecule has 22 heavy (non-hydrogen) atoms. The molecule has 1 aromatic rings. The van der Waals surface area contributed by atoms with Crippen molar-refractivity contribution in [2.75, 3.05) is 31.1 Å². The Balaban J connectivity index is 1.99. The lowest BCUT2D eigenvalue weighted by Crippen LogP contribution is -2.43. The first kappa shape index (κ1) is 15.8. The van der Waals surface area contributed by atoms with Crippen molar-refractivity contribution in [3.8, 4) is 11.8 Å². The smallest absolute Gasteiger partial charge is 0.322 e. The maximum absolute atomic E-state index is 11.2. The summed E-state index contributed by atoms with van der Waals surface area (Å²) in [6.45, 7) is 5.48. The van der Waals surface area contributed by atoms with E-state index < -0.39 is 6.03 Å². The number of imide groups is 1. The number of amides is 3. The molecule has 7 heteroatoms. The topological polar surface area (TPSA) is 86.4 Å². The number of anilines is 1. The molecule has 0 bridgehead atoms. The third kappa shape index (κ3) is 4.75. The summed E-state index contributed by atoms with van der Waals surface area (Å²) in [4.78, 5) is 28.0. The second kappa shape index (κ2) is 8.00. The van der Waals surface area contributed by atoms with Gasteiger partial charge in [-0.25, -0.2) is 9.78 Å². The highest BCUT2D eigenvalue weighted by atomic mass is 16.2. The quantitative estimate of drug-likeness (QED) is 0.526. The van der Waals surface area contributed by atoms with Gasteiger partial charge in [0.2, 0.25) is 6.41 Å². The number of nitrogens with zero attached hydrogens (tertiary/aromatic N) is 2. The van der Waals surface area contributed by atoms with Crippen molar-refractivity contribution in [3.63, 3.8) is 0 Å². The lowest BCUT2D eigenvalue weighted by Gasteiger charge is -2.28. The van der Waals surface area contributed by atoms with Gasteiger partial charge >= 0.3 is 6.03 Å². The largest absolute Gasteiger partial charge is 0.354 e. The summed E-state index contributed by atoms with van der Waals surface area (Å²) in [5.41, 5.74) is 0.653. The van der Waals surface area contributed by atoms with Crippen LogP contribution in [0.1, 0.15) is 12.6 Å². The van der Waals surface area contributed by atoms with Crippen LogP contribution in [-0.4, -0.2) is 49.6 Å². The summed E-state index contributed by atoms with van der Waals surface area (Å²) in [5, 5.41) is 7.83. The van der Waals surface area contributed by atoms with Gasteiger partial charge < -0.3 is 15.5 Å². The predicted molar refractivity (Wildman–Crippen MR) is 83.4 cm³/mol. The van der Waals surface area contributed by atoms with Crippen molar-refractivity contribution in [3.05, 3.63) is 23.9 Å². The molecule has 7 nitrogen and oxygen atoms in total. The molecule has 116 valence electrons. The van der Waals surface area contributed by atoms with Crippen LogP contribution < -0.4 is 20.9 Å². The monoisotopic (exact) mass is 301 g/mol. The van der Waals surface area contributed by atoms with Crippen molar-refractivity contribution in [2.45, 2.75) is 13.0 Å². The number of pyridine rings is 1. The molecule has 1 aromatic heterocycles. The molecule has 3 N–H and O–H groups in total. The molecule has 1 unspecified atom stereocenters. The van der Waals surface area contributed by atoms with E-state index in [9.17, 15) is 9.59 Å². The molecule has 0 radical (unpaired) electrons.